The van der Waals surface area contributed by atoms with Crippen LogP contribution in [-0.2, 0) is 21.2 Å². The van der Waals surface area contributed by atoms with Crippen molar-refractivity contribution in [2.24, 2.45) is 0 Å². The highest BCUT2D eigenvalue weighted by molar-refractivity contribution is 7.92. The van der Waals surface area contributed by atoms with E-state index in [1.54, 1.807) is 50.2 Å². The van der Waals surface area contributed by atoms with E-state index in [0.717, 1.165) is 0 Å². The van der Waals surface area contributed by atoms with E-state index in [1.165, 1.54) is 19.2 Å². The first kappa shape index (κ1) is 20.4. The molecule has 0 bridgehead atoms. The molecule has 0 saturated carbocycles. The van der Waals surface area contributed by atoms with E-state index >= 15 is 0 Å². The number of aromatic nitrogens is 1. The number of para-hydroxylation sites is 2. The van der Waals surface area contributed by atoms with Crippen LogP contribution in [0.25, 0.3) is 0 Å². The average molecular weight is 415 g/mol. The van der Waals surface area contributed by atoms with E-state index in [1.807, 2.05) is 0 Å². The van der Waals surface area contributed by atoms with Gasteiger partial charge in [-0.1, -0.05) is 23.4 Å². The molecule has 0 fully saturated rings. The fourth-order valence-electron chi connectivity index (χ4n) is 2.79. The van der Waals surface area contributed by atoms with Gasteiger partial charge in [-0.3, -0.25) is 9.52 Å². The summed E-state index contributed by atoms with van der Waals surface area (Å²) in [6.07, 6.45) is 0.0810. The van der Waals surface area contributed by atoms with E-state index in [-0.39, 0.29) is 17.2 Å². The molecule has 3 rings (SSSR count). The Hall–Kier alpha value is -3.33. The molecule has 0 spiro atoms. The average Bonchev–Trinajstić information content (AvgIpc) is 3.00. The normalized spacial score (nSPS) is 11.1. The van der Waals surface area contributed by atoms with Gasteiger partial charge < -0.3 is 14.6 Å². The third-order valence-electron chi connectivity index (χ3n) is 4.30. The van der Waals surface area contributed by atoms with Gasteiger partial charge in [0.2, 0.25) is 5.91 Å². The Morgan fingerprint density at radius 2 is 1.90 bits per heavy atom. The Morgan fingerprint density at radius 1 is 1.14 bits per heavy atom. The van der Waals surface area contributed by atoms with Crippen LogP contribution in [-0.4, -0.2) is 26.6 Å². The molecule has 0 aliphatic heterocycles. The summed E-state index contributed by atoms with van der Waals surface area (Å²) in [6.45, 7) is 3.50. The second-order valence-corrected chi connectivity index (χ2v) is 8.04. The number of nitrogens with zero attached hydrogens (tertiary/aromatic N) is 1. The molecule has 2 N–H and O–H groups in total. The van der Waals surface area contributed by atoms with Crippen LogP contribution in [0, 0.1) is 13.8 Å². The molecule has 2 aromatic carbocycles. The number of aryl methyl sites for hydroxylation is 2. The van der Waals surface area contributed by atoms with Crippen molar-refractivity contribution in [3.05, 3.63) is 65.5 Å². The van der Waals surface area contributed by atoms with E-state index in [2.05, 4.69) is 15.2 Å². The highest BCUT2D eigenvalue weighted by Gasteiger charge is 2.18. The van der Waals surface area contributed by atoms with Crippen molar-refractivity contribution in [3.63, 3.8) is 0 Å². The molecule has 1 heterocycles. The third-order valence-corrected chi connectivity index (χ3v) is 5.66. The summed E-state index contributed by atoms with van der Waals surface area (Å²) >= 11 is 0. The zero-order valence-electron chi connectivity index (χ0n) is 16.2. The van der Waals surface area contributed by atoms with Gasteiger partial charge in [-0.2, -0.15) is 0 Å². The Kier molecular flexibility index (Phi) is 5.88. The van der Waals surface area contributed by atoms with Crippen LogP contribution < -0.4 is 14.8 Å². The first-order valence-corrected chi connectivity index (χ1v) is 10.3. The lowest BCUT2D eigenvalue weighted by Gasteiger charge is -2.12. The molecule has 1 aromatic heterocycles. The van der Waals surface area contributed by atoms with Crippen LogP contribution >= 0.6 is 0 Å². The number of carbonyl (C=O) groups is 1. The van der Waals surface area contributed by atoms with Gasteiger partial charge in [-0.15, -0.1) is 0 Å². The van der Waals surface area contributed by atoms with Gasteiger partial charge in [-0.05, 0) is 44.2 Å². The maximum Gasteiger partial charge on any atom is 0.262 e. The second-order valence-electron chi connectivity index (χ2n) is 6.36. The minimum atomic E-state index is -3.87. The summed E-state index contributed by atoms with van der Waals surface area (Å²) in [5.74, 6) is 0.682. The van der Waals surface area contributed by atoms with Crippen molar-refractivity contribution in [1.29, 1.82) is 0 Å². The quantitative estimate of drug-likeness (QED) is 0.613. The summed E-state index contributed by atoms with van der Waals surface area (Å²) in [5, 5.41) is 6.53. The lowest BCUT2D eigenvalue weighted by molar-refractivity contribution is -0.115. The summed E-state index contributed by atoms with van der Waals surface area (Å²) in [7, 11) is -2.41. The molecule has 29 heavy (non-hydrogen) atoms. The predicted octanol–water partition coefficient (Wildman–Crippen LogP) is 3.28. The molecule has 152 valence electrons. The molecule has 1 amide bonds. The van der Waals surface area contributed by atoms with Gasteiger partial charge in [0.15, 0.2) is 0 Å². The largest absolute Gasteiger partial charge is 0.495 e. The monoisotopic (exact) mass is 415 g/mol. The molecule has 0 aliphatic rings. The van der Waals surface area contributed by atoms with Crippen LogP contribution in [0.3, 0.4) is 0 Å². The Bertz CT molecular complexity index is 1120. The molecule has 0 aliphatic carbocycles. The second kappa shape index (κ2) is 8.36. The number of amides is 1. The third kappa shape index (κ3) is 4.75. The summed E-state index contributed by atoms with van der Waals surface area (Å²) in [4.78, 5) is 12.4. The van der Waals surface area contributed by atoms with Crippen LogP contribution in [0.4, 0.5) is 11.4 Å². The Morgan fingerprint density at radius 3 is 2.59 bits per heavy atom. The van der Waals surface area contributed by atoms with E-state index < -0.39 is 10.0 Å². The van der Waals surface area contributed by atoms with Crippen LogP contribution in [0.1, 0.15) is 17.0 Å². The van der Waals surface area contributed by atoms with Gasteiger partial charge in [-0.25, -0.2) is 8.42 Å². The summed E-state index contributed by atoms with van der Waals surface area (Å²) in [5.41, 5.74) is 2.05. The summed E-state index contributed by atoms with van der Waals surface area (Å²) < 4.78 is 38.2. The minimum Gasteiger partial charge on any atom is -0.495 e. The van der Waals surface area contributed by atoms with Crippen molar-refractivity contribution in [2.45, 2.75) is 25.2 Å². The van der Waals surface area contributed by atoms with Crippen LogP contribution in [0.15, 0.2) is 57.9 Å². The van der Waals surface area contributed by atoms with Crippen molar-refractivity contribution < 1.29 is 22.5 Å². The lowest BCUT2D eigenvalue weighted by Crippen LogP contribution is -2.17. The number of methoxy groups -OCH3 is 1. The smallest absolute Gasteiger partial charge is 0.262 e. The Balaban J connectivity index is 1.77. The molecule has 9 heteroatoms. The highest BCUT2D eigenvalue weighted by Crippen LogP contribution is 2.27. The van der Waals surface area contributed by atoms with Gasteiger partial charge in [0.1, 0.15) is 11.5 Å². The molecular weight excluding hydrogens is 394 g/mol. The Labute approximate surface area is 168 Å². The van der Waals surface area contributed by atoms with E-state index in [9.17, 15) is 13.2 Å². The van der Waals surface area contributed by atoms with E-state index in [4.69, 9.17) is 9.26 Å². The molecule has 0 radical (unpaired) electrons. The minimum absolute atomic E-state index is 0.0125. The number of rotatable bonds is 7. The zero-order chi connectivity index (χ0) is 21.0. The fourth-order valence-corrected chi connectivity index (χ4v) is 3.91. The topological polar surface area (TPSA) is 111 Å². The van der Waals surface area contributed by atoms with Crippen LogP contribution in [0.2, 0.25) is 0 Å². The first-order valence-electron chi connectivity index (χ1n) is 8.77. The summed E-state index contributed by atoms with van der Waals surface area (Å²) in [6, 6.07) is 12.7. The van der Waals surface area contributed by atoms with Crippen molar-refractivity contribution in [2.75, 3.05) is 17.1 Å². The predicted molar refractivity (Wildman–Crippen MR) is 109 cm³/mol. The van der Waals surface area contributed by atoms with E-state index in [0.29, 0.717) is 34.1 Å². The SMILES string of the molecule is COc1ccccc1NS(=O)(=O)c1cccc(NC(=O)Cc2c(C)noc2C)c1. The molecule has 3 aromatic rings. The van der Waals surface area contributed by atoms with Crippen molar-refractivity contribution in [3.8, 4) is 5.75 Å². The maximum atomic E-state index is 12.8. The number of hydrogen-bond acceptors (Lipinski definition) is 6. The maximum absolute atomic E-state index is 12.8. The lowest BCUT2D eigenvalue weighted by atomic mass is 10.1. The number of anilines is 2. The number of carbonyl (C=O) groups excluding carboxylic acids is 1. The first-order chi connectivity index (χ1) is 13.8. The molecule has 0 atom stereocenters. The van der Waals surface area contributed by atoms with Gasteiger partial charge in [0.25, 0.3) is 10.0 Å². The highest BCUT2D eigenvalue weighted by atomic mass is 32.2. The fraction of sp³-hybridized carbons (Fsp3) is 0.200. The van der Waals surface area contributed by atoms with Crippen molar-refractivity contribution in [1.82, 2.24) is 5.16 Å². The zero-order valence-corrected chi connectivity index (χ0v) is 17.0. The number of nitrogens with one attached hydrogen (secondary N) is 2. The van der Waals surface area contributed by atoms with Gasteiger partial charge in [0, 0.05) is 11.3 Å². The standard InChI is InChI=1S/C20H21N3O5S/c1-13-17(14(2)28-22-13)12-20(24)21-15-7-6-8-16(11-15)29(25,26)23-18-9-4-5-10-19(18)27-3/h4-11,23H,12H2,1-3H3,(H,21,24). The number of hydrogen-bond donors (Lipinski definition) is 2. The van der Waals surface area contributed by atoms with Crippen LogP contribution in [0.5, 0.6) is 5.75 Å². The van der Waals surface area contributed by atoms with Crippen molar-refractivity contribution >= 4 is 27.3 Å². The molecule has 0 unspecified atom stereocenters. The number of benzene rings is 2. The number of sulfonamides is 1. The van der Waals surface area contributed by atoms with Gasteiger partial charge in [0.05, 0.1) is 29.8 Å². The number of ether oxygens (including phenoxy) is 1. The molecule has 0 saturated heterocycles. The molecular formula is C20H21N3O5S. The van der Waals surface area contributed by atoms with Gasteiger partial charge >= 0.3 is 0 Å². The molecule has 8 nitrogen and oxygen atoms in total.